The van der Waals surface area contributed by atoms with Gasteiger partial charge in [-0.05, 0) is 30.5 Å². The maximum absolute atomic E-state index is 9.41. The molecule has 9 nitrogen and oxygen atoms in total. The fourth-order valence-electron chi connectivity index (χ4n) is 4.82. The van der Waals surface area contributed by atoms with Crippen molar-refractivity contribution >= 4 is 28.1 Å². The van der Waals surface area contributed by atoms with Crippen molar-refractivity contribution in [1.82, 2.24) is 19.6 Å². The minimum Gasteiger partial charge on any atom is -0.395 e. The maximum atomic E-state index is 9.41. The summed E-state index contributed by atoms with van der Waals surface area (Å²) in [6.07, 6.45) is 3.54. The molecule has 4 aromatic rings. The molecule has 0 aliphatic carbocycles. The first-order valence-corrected chi connectivity index (χ1v) is 11.9. The van der Waals surface area contributed by atoms with Gasteiger partial charge in [-0.15, -0.1) is 10.2 Å². The summed E-state index contributed by atoms with van der Waals surface area (Å²) in [4.78, 5) is 12.7. The number of pyridine rings is 2. The van der Waals surface area contributed by atoms with Crippen LogP contribution in [0.5, 0.6) is 0 Å². The van der Waals surface area contributed by atoms with Gasteiger partial charge in [-0.2, -0.15) is 5.26 Å². The Balaban J connectivity index is 1.26. The summed E-state index contributed by atoms with van der Waals surface area (Å²) in [6.45, 7) is 3.77. The smallest absolute Gasteiger partial charge is 0.163 e. The van der Waals surface area contributed by atoms with Crippen molar-refractivity contribution in [3.05, 3.63) is 66.1 Å². The minimum atomic E-state index is 0.289. The molecule has 0 bridgehead atoms. The highest BCUT2D eigenvalue weighted by Gasteiger charge is 2.27. The van der Waals surface area contributed by atoms with Crippen LogP contribution in [0.1, 0.15) is 24.1 Å². The predicted octanol–water partition coefficient (Wildman–Crippen LogP) is 3.43. The van der Waals surface area contributed by atoms with Crippen LogP contribution < -0.4 is 4.90 Å². The lowest BCUT2D eigenvalue weighted by Crippen LogP contribution is -2.37. The van der Waals surface area contributed by atoms with Crippen molar-refractivity contribution in [3.8, 4) is 6.07 Å². The van der Waals surface area contributed by atoms with Gasteiger partial charge < -0.3 is 14.5 Å². The van der Waals surface area contributed by atoms with Crippen molar-refractivity contribution in [2.24, 2.45) is 17.0 Å². The van der Waals surface area contributed by atoms with E-state index in [9.17, 15) is 5.26 Å². The normalized spacial score (nSPS) is 17.5. The number of hydrogen-bond acceptors (Lipinski definition) is 8. The zero-order valence-electron chi connectivity index (χ0n) is 19.2. The molecule has 2 aliphatic heterocycles. The predicted molar refractivity (Wildman–Crippen MR) is 131 cm³/mol. The van der Waals surface area contributed by atoms with Gasteiger partial charge in [-0.3, -0.25) is 4.40 Å². The fraction of sp³-hybridized carbons (Fsp3) is 0.346. The largest absolute Gasteiger partial charge is 0.395 e. The molecule has 3 aromatic heterocycles. The second kappa shape index (κ2) is 9.31. The number of anilines is 1. The number of aromatic nitrogens is 4. The van der Waals surface area contributed by atoms with Crippen LogP contribution in [0.2, 0.25) is 0 Å². The fourth-order valence-corrected chi connectivity index (χ4v) is 4.82. The molecule has 0 unspecified atom stereocenters. The van der Waals surface area contributed by atoms with Crippen LogP contribution in [0.3, 0.4) is 0 Å². The third kappa shape index (κ3) is 4.17. The van der Waals surface area contributed by atoms with Crippen molar-refractivity contribution in [2.75, 3.05) is 37.8 Å². The standard InChI is InChI=1S/C26H25N7O2/c27-13-21-6-7-22-26(29-21)23(12-24-30-28-17-33(22)24)32-10-8-20(9-11-32)25(19-4-2-1-3-5-19)31-35-16-18-14-34-15-18/h1-7,12,17-18,20H,8-11,14-16H2/b31-25+. The first-order chi connectivity index (χ1) is 17.3. The second-order valence-corrected chi connectivity index (χ2v) is 9.07. The van der Waals surface area contributed by atoms with E-state index in [-0.39, 0.29) is 5.92 Å². The summed E-state index contributed by atoms with van der Waals surface area (Å²) in [7, 11) is 0. The Bertz CT molecular complexity index is 1410. The highest BCUT2D eigenvalue weighted by Crippen LogP contribution is 2.32. The van der Waals surface area contributed by atoms with Gasteiger partial charge in [0.25, 0.3) is 0 Å². The van der Waals surface area contributed by atoms with Gasteiger partial charge in [0.1, 0.15) is 30.2 Å². The molecule has 0 radical (unpaired) electrons. The third-order valence-electron chi connectivity index (χ3n) is 6.80. The van der Waals surface area contributed by atoms with Crippen LogP contribution in [-0.2, 0) is 9.57 Å². The lowest BCUT2D eigenvalue weighted by atomic mass is 9.88. The molecule has 2 saturated heterocycles. The summed E-state index contributed by atoms with van der Waals surface area (Å²) in [5.74, 6) is 0.723. The van der Waals surface area contributed by atoms with Gasteiger partial charge in [0.15, 0.2) is 5.65 Å². The Hall–Kier alpha value is -4.03. The van der Waals surface area contributed by atoms with E-state index in [1.807, 2.05) is 34.7 Å². The van der Waals surface area contributed by atoms with E-state index in [1.54, 1.807) is 12.4 Å². The summed E-state index contributed by atoms with van der Waals surface area (Å²) < 4.78 is 7.15. The molecule has 5 heterocycles. The molecule has 35 heavy (non-hydrogen) atoms. The van der Waals surface area contributed by atoms with Gasteiger partial charge in [-0.25, -0.2) is 4.98 Å². The number of hydrogen-bond donors (Lipinski definition) is 0. The van der Waals surface area contributed by atoms with E-state index in [1.165, 1.54) is 0 Å². The van der Waals surface area contributed by atoms with Crippen LogP contribution in [0.15, 0.2) is 60.0 Å². The first kappa shape index (κ1) is 21.5. The number of benzene rings is 1. The third-order valence-corrected chi connectivity index (χ3v) is 6.80. The highest BCUT2D eigenvalue weighted by atomic mass is 16.6. The average Bonchev–Trinajstić information content (AvgIpc) is 3.36. The van der Waals surface area contributed by atoms with Gasteiger partial charge in [0.2, 0.25) is 0 Å². The zero-order valence-corrected chi connectivity index (χ0v) is 19.2. The Morgan fingerprint density at radius 3 is 2.71 bits per heavy atom. The number of nitrogens with zero attached hydrogens (tertiary/aromatic N) is 7. The molecule has 0 amide bonds. The molecule has 0 spiro atoms. The van der Waals surface area contributed by atoms with E-state index >= 15 is 0 Å². The van der Waals surface area contributed by atoms with Crippen LogP contribution in [0, 0.1) is 23.2 Å². The molecule has 0 N–H and O–H groups in total. The van der Waals surface area contributed by atoms with Crippen LogP contribution >= 0.6 is 0 Å². The number of piperidine rings is 1. The van der Waals surface area contributed by atoms with Crippen molar-refractivity contribution in [2.45, 2.75) is 12.8 Å². The molecule has 176 valence electrons. The average molecular weight is 468 g/mol. The van der Waals surface area contributed by atoms with Crippen molar-refractivity contribution in [1.29, 1.82) is 5.26 Å². The highest BCUT2D eigenvalue weighted by molar-refractivity contribution is 6.02. The van der Waals surface area contributed by atoms with Gasteiger partial charge in [-0.1, -0.05) is 35.5 Å². The van der Waals surface area contributed by atoms with Crippen molar-refractivity contribution in [3.63, 3.8) is 0 Å². The quantitative estimate of drug-likeness (QED) is 0.316. The van der Waals surface area contributed by atoms with E-state index < -0.39 is 0 Å². The molecule has 1 aromatic carbocycles. The maximum Gasteiger partial charge on any atom is 0.163 e. The van der Waals surface area contributed by atoms with Gasteiger partial charge in [0.05, 0.1) is 30.1 Å². The molecule has 0 atom stereocenters. The molecule has 9 heteroatoms. The van der Waals surface area contributed by atoms with Gasteiger partial charge in [0, 0.05) is 31.0 Å². The molecule has 2 aliphatic rings. The number of fused-ring (bicyclic) bond motifs is 3. The summed E-state index contributed by atoms with van der Waals surface area (Å²) in [5.41, 5.74) is 5.94. The Morgan fingerprint density at radius 2 is 1.97 bits per heavy atom. The molecule has 6 rings (SSSR count). The molecule has 2 fully saturated rings. The van der Waals surface area contributed by atoms with E-state index in [4.69, 9.17) is 9.57 Å². The Labute approximate surface area is 202 Å². The first-order valence-electron chi connectivity index (χ1n) is 11.9. The minimum absolute atomic E-state index is 0.289. The van der Waals surface area contributed by atoms with Crippen LogP contribution in [-0.4, -0.2) is 58.2 Å². The Morgan fingerprint density at radius 1 is 1.14 bits per heavy atom. The second-order valence-electron chi connectivity index (χ2n) is 9.07. The topological polar surface area (TPSA) is 101 Å². The number of ether oxygens (including phenoxy) is 1. The number of rotatable bonds is 6. The van der Waals surface area contributed by atoms with Crippen LogP contribution in [0.25, 0.3) is 16.7 Å². The monoisotopic (exact) mass is 467 g/mol. The lowest BCUT2D eigenvalue weighted by molar-refractivity contribution is -0.0711. The SMILES string of the molecule is N#Cc1ccc2c(n1)c(N1CCC(/C(=N/OCC3COC3)c3ccccc3)CC1)cc1nncn12. The number of oxime groups is 1. The summed E-state index contributed by atoms with van der Waals surface area (Å²) >= 11 is 0. The van der Waals surface area contributed by atoms with Crippen LogP contribution in [0.4, 0.5) is 5.69 Å². The lowest BCUT2D eigenvalue weighted by Gasteiger charge is -2.34. The van der Waals surface area contributed by atoms with E-state index in [0.717, 1.165) is 72.8 Å². The van der Waals surface area contributed by atoms with Crippen molar-refractivity contribution < 1.29 is 9.57 Å². The molecular weight excluding hydrogens is 442 g/mol. The number of nitriles is 1. The molecular formula is C26H25N7O2. The molecule has 0 saturated carbocycles. The van der Waals surface area contributed by atoms with E-state index in [2.05, 4.69) is 43.4 Å². The summed E-state index contributed by atoms with van der Waals surface area (Å²) in [5, 5.41) is 22.3. The summed E-state index contributed by atoms with van der Waals surface area (Å²) in [6, 6.07) is 18.1. The van der Waals surface area contributed by atoms with Gasteiger partial charge >= 0.3 is 0 Å². The van der Waals surface area contributed by atoms with E-state index in [0.29, 0.717) is 18.2 Å². The Kier molecular flexibility index (Phi) is 5.72. The zero-order chi connectivity index (χ0) is 23.6.